The molecule has 0 unspecified atom stereocenters. The van der Waals surface area contributed by atoms with Crippen LogP contribution in [0.2, 0.25) is 0 Å². The third-order valence-corrected chi connectivity index (χ3v) is 3.06. The number of rotatable bonds is 1. The second-order valence-corrected chi connectivity index (χ2v) is 4.80. The number of hydrogen-bond donors (Lipinski definition) is 0. The first-order valence-corrected chi connectivity index (χ1v) is 6.32. The molecular formula is C16H14N2O2. The Kier molecular flexibility index (Phi) is 2.99. The van der Waals surface area contributed by atoms with Crippen LogP contribution in [0.1, 0.15) is 0 Å². The van der Waals surface area contributed by atoms with Gasteiger partial charge in [0.25, 0.3) is 0 Å². The summed E-state index contributed by atoms with van der Waals surface area (Å²) in [6.07, 6.45) is -0.391. The minimum Gasteiger partial charge on any atom is -0.410 e. The summed E-state index contributed by atoms with van der Waals surface area (Å²) >= 11 is 0. The van der Waals surface area contributed by atoms with Gasteiger partial charge in [-0.15, -0.1) is 0 Å². The lowest BCUT2D eigenvalue weighted by Crippen LogP contribution is -2.25. The van der Waals surface area contributed by atoms with Gasteiger partial charge < -0.3 is 9.64 Å². The number of carbonyl (C=O) groups excluding carboxylic acids is 1. The summed E-state index contributed by atoms with van der Waals surface area (Å²) in [5.41, 5.74) is 1.84. The molecule has 0 atom stereocenters. The molecule has 0 saturated heterocycles. The first-order valence-electron chi connectivity index (χ1n) is 6.32. The van der Waals surface area contributed by atoms with E-state index in [-0.39, 0.29) is 0 Å². The average molecular weight is 266 g/mol. The minimum atomic E-state index is -0.391. The SMILES string of the molecule is CN(C)C(=O)Oc1ccc2nc3ccccc3cc2c1. The molecule has 1 amide bonds. The number of para-hydroxylation sites is 1. The number of pyridine rings is 1. The molecule has 3 aromatic rings. The van der Waals surface area contributed by atoms with Crippen LogP contribution in [0.3, 0.4) is 0 Å². The van der Waals surface area contributed by atoms with Gasteiger partial charge in [-0.3, -0.25) is 0 Å². The van der Waals surface area contributed by atoms with Crippen LogP contribution in [0.5, 0.6) is 5.75 Å². The van der Waals surface area contributed by atoms with Gasteiger partial charge in [-0.05, 0) is 30.3 Å². The van der Waals surface area contributed by atoms with Crippen molar-refractivity contribution in [1.82, 2.24) is 9.88 Å². The highest BCUT2D eigenvalue weighted by atomic mass is 16.6. The maximum absolute atomic E-state index is 11.5. The molecule has 0 spiro atoms. The molecule has 2 aromatic carbocycles. The van der Waals surface area contributed by atoms with Gasteiger partial charge in [0.2, 0.25) is 0 Å². The highest BCUT2D eigenvalue weighted by Crippen LogP contribution is 2.23. The standard InChI is InChI=1S/C16H14N2O2/c1-18(2)16(19)20-13-7-8-15-12(10-13)9-11-5-3-4-6-14(11)17-15/h3-10H,1-2H3. The van der Waals surface area contributed by atoms with Crippen molar-refractivity contribution in [2.45, 2.75) is 0 Å². The smallest absolute Gasteiger partial charge is 0.410 e. The van der Waals surface area contributed by atoms with Crippen LogP contribution in [0.25, 0.3) is 21.8 Å². The van der Waals surface area contributed by atoms with Crippen LogP contribution < -0.4 is 4.74 Å². The van der Waals surface area contributed by atoms with Crippen LogP contribution in [0, 0.1) is 0 Å². The summed E-state index contributed by atoms with van der Waals surface area (Å²) in [6.45, 7) is 0. The van der Waals surface area contributed by atoms with E-state index in [1.54, 1.807) is 20.2 Å². The lowest BCUT2D eigenvalue weighted by atomic mass is 10.1. The van der Waals surface area contributed by atoms with Gasteiger partial charge in [0.15, 0.2) is 0 Å². The molecule has 0 fully saturated rings. The van der Waals surface area contributed by atoms with Crippen molar-refractivity contribution in [2.24, 2.45) is 0 Å². The monoisotopic (exact) mass is 266 g/mol. The third-order valence-electron chi connectivity index (χ3n) is 3.06. The number of fused-ring (bicyclic) bond motifs is 2. The van der Waals surface area contributed by atoms with Gasteiger partial charge in [0.1, 0.15) is 5.75 Å². The molecule has 20 heavy (non-hydrogen) atoms. The van der Waals surface area contributed by atoms with Gasteiger partial charge in [-0.25, -0.2) is 9.78 Å². The number of benzene rings is 2. The van der Waals surface area contributed by atoms with Crippen LogP contribution in [-0.2, 0) is 0 Å². The van der Waals surface area contributed by atoms with E-state index in [1.807, 2.05) is 42.5 Å². The first-order chi connectivity index (χ1) is 9.63. The normalized spacial score (nSPS) is 10.7. The number of aromatic nitrogens is 1. The highest BCUT2D eigenvalue weighted by molar-refractivity contribution is 5.93. The Balaban J connectivity index is 2.06. The molecule has 0 radical (unpaired) electrons. The lowest BCUT2D eigenvalue weighted by Gasteiger charge is -2.11. The fraction of sp³-hybridized carbons (Fsp3) is 0.125. The molecule has 0 aliphatic heterocycles. The quantitative estimate of drug-likeness (QED) is 0.633. The van der Waals surface area contributed by atoms with E-state index in [2.05, 4.69) is 4.98 Å². The minimum absolute atomic E-state index is 0.391. The lowest BCUT2D eigenvalue weighted by molar-refractivity contribution is 0.172. The Morgan fingerprint density at radius 1 is 1.00 bits per heavy atom. The Morgan fingerprint density at radius 2 is 1.75 bits per heavy atom. The molecule has 0 aliphatic carbocycles. The third kappa shape index (κ3) is 2.28. The van der Waals surface area contributed by atoms with E-state index >= 15 is 0 Å². The van der Waals surface area contributed by atoms with E-state index in [4.69, 9.17) is 4.74 Å². The van der Waals surface area contributed by atoms with Gasteiger partial charge in [-0.2, -0.15) is 0 Å². The summed E-state index contributed by atoms with van der Waals surface area (Å²) in [7, 11) is 3.30. The van der Waals surface area contributed by atoms with Crippen molar-refractivity contribution in [1.29, 1.82) is 0 Å². The van der Waals surface area contributed by atoms with Gasteiger partial charge in [0.05, 0.1) is 11.0 Å². The van der Waals surface area contributed by atoms with E-state index in [1.165, 1.54) is 4.90 Å². The number of nitrogens with zero attached hydrogens (tertiary/aromatic N) is 2. The van der Waals surface area contributed by atoms with E-state index in [0.29, 0.717) is 5.75 Å². The van der Waals surface area contributed by atoms with Gasteiger partial charge >= 0.3 is 6.09 Å². The Labute approximate surface area is 116 Å². The fourth-order valence-electron chi connectivity index (χ4n) is 2.01. The molecule has 0 saturated carbocycles. The molecule has 3 rings (SSSR count). The van der Waals surface area contributed by atoms with Crippen molar-refractivity contribution < 1.29 is 9.53 Å². The van der Waals surface area contributed by atoms with Gasteiger partial charge in [-0.1, -0.05) is 18.2 Å². The predicted molar refractivity (Wildman–Crippen MR) is 79.0 cm³/mol. The maximum Gasteiger partial charge on any atom is 0.414 e. The van der Waals surface area contributed by atoms with Crippen molar-refractivity contribution in [2.75, 3.05) is 14.1 Å². The number of carbonyl (C=O) groups is 1. The highest BCUT2D eigenvalue weighted by Gasteiger charge is 2.07. The zero-order chi connectivity index (χ0) is 14.1. The maximum atomic E-state index is 11.5. The van der Waals surface area contributed by atoms with Crippen LogP contribution >= 0.6 is 0 Å². The van der Waals surface area contributed by atoms with Crippen LogP contribution in [-0.4, -0.2) is 30.1 Å². The molecule has 0 bridgehead atoms. The number of amides is 1. The zero-order valence-electron chi connectivity index (χ0n) is 11.3. The molecule has 0 aliphatic rings. The molecule has 4 heteroatoms. The van der Waals surface area contributed by atoms with Gasteiger partial charge in [0, 0.05) is 24.9 Å². The Hall–Kier alpha value is -2.62. The molecular weight excluding hydrogens is 252 g/mol. The summed E-state index contributed by atoms with van der Waals surface area (Å²) in [6, 6.07) is 15.4. The summed E-state index contributed by atoms with van der Waals surface area (Å²) in [5.74, 6) is 0.522. The first kappa shape index (κ1) is 12.4. The average Bonchev–Trinajstić information content (AvgIpc) is 2.45. The summed E-state index contributed by atoms with van der Waals surface area (Å²) in [5, 5.41) is 2.02. The Morgan fingerprint density at radius 3 is 2.55 bits per heavy atom. The second kappa shape index (κ2) is 4.81. The second-order valence-electron chi connectivity index (χ2n) is 4.80. The summed E-state index contributed by atoms with van der Waals surface area (Å²) in [4.78, 5) is 17.5. The largest absolute Gasteiger partial charge is 0.414 e. The fourth-order valence-corrected chi connectivity index (χ4v) is 2.01. The number of ether oxygens (including phenoxy) is 1. The molecule has 4 nitrogen and oxygen atoms in total. The molecule has 0 N–H and O–H groups in total. The zero-order valence-corrected chi connectivity index (χ0v) is 11.3. The van der Waals surface area contributed by atoms with Crippen LogP contribution in [0.4, 0.5) is 4.79 Å². The number of hydrogen-bond acceptors (Lipinski definition) is 3. The molecule has 100 valence electrons. The summed E-state index contributed by atoms with van der Waals surface area (Å²) < 4.78 is 5.26. The van der Waals surface area contributed by atoms with Crippen molar-refractivity contribution in [3.8, 4) is 5.75 Å². The molecule has 1 heterocycles. The van der Waals surface area contributed by atoms with E-state index in [9.17, 15) is 4.79 Å². The van der Waals surface area contributed by atoms with Crippen molar-refractivity contribution in [3.05, 3.63) is 48.5 Å². The predicted octanol–water partition coefficient (Wildman–Crippen LogP) is 3.45. The molecule has 1 aromatic heterocycles. The Bertz CT molecular complexity index is 797. The van der Waals surface area contributed by atoms with Crippen LogP contribution in [0.15, 0.2) is 48.5 Å². The van der Waals surface area contributed by atoms with E-state index < -0.39 is 6.09 Å². The van der Waals surface area contributed by atoms with Crippen molar-refractivity contribution in [3.63, 3.8) is 0 Å². The topological polar surface area (TPSA) is 42.4 Å². The van der Waals surface area contributed by atoms with Crippen molar-refractivity contribution >= 4 is 27.9 Å². The van der Waals surface area contributed by atoms with E-state index in [0.717, 1.165) is 21.8 Å².